The average Bonchev–Trinajstić information content (AvgIpc) is 2.36. The summed E-state index contributed by atoms with van der Waals surface area (Å²) < 4.78 is 0. The van der Waals surface area contributed by atoms with Crippen molar-refractivity contribution in [2.24, 2.45) is 0 Å². The molecular weight excluding hydrogens is 268 g/mol. The van der Waals surface area contributed by atoms with Crippen LogP contribution in [0.4, 0.5) is 5.69 Å². The zero-order valence-electron chi connectivity index (χ0n) is 10.7. The SMILES string of the molecule is CSCCC(C)NCC(=O)Nc1ccc(Cl)cc1. The summed E-state index contributed by atoms with van der Waals surface area (Å²) in [6.45, 7) is 2.42. The quantitative estimate of drug-likeness (QED) is 0.810. The number of rotatable bonds is 7. The van der Waals surface area contributed by atoms with Gasteiger partial charge in [0.1, 0.15) is 0 Å². The first-order valence-electron chi connectivity index (χ1n) is 5.89. The Bertz CT molecular complexity index is 370. The Labute approximate surface area is 118 Å². The molecule has 5 heteroatoms. The van der Waals surface area contributed by atoms with Crippen LogP contribution in [0.3, 0.4) is 0 Å². The number of nitrogens with one attached hydrogen (secondary N) is 2. The Morgan fingerprint density at radius 1 is 1.39 bits per heavy atom. The third-order valence-corrected chi connectivity index (χ3v) is 3.39. The number of anilines is 1. The second kappa shape index (κ2) is 8.40. The third kappa shape index (κ3) is 6.28. The molecule has 0 spiro atoms. The summed E-state index contributed by atoms with van der Waals surface area (Å²) in [7, 11) is 0. The highest BCUT2D eigenvalue weighted by molar-refractivity contribution is 7.98. The number of amides is 1. The van der Waals surface area contributed by atoms with Crippen molar-refractivity contribution in [3.05, 3.63) is 29.3 Å². The van der Waals surface area contributed by atoms with E-state index in [9.17, 15) is 4.79 Å². The van der Waals surface area contributed by atoms with E-state index >= 15 is 0 Å². The van der Waals surface area contributed by atoms with E-state index in [-0.39, 0.29) is 5.91 Å². The first kappa shape index (κ1) is 15.3. The van der Waals surface area contributed by atoms with Crippen molar-refractivity contribution in [3.8, 4) is 0 Å². The van der Waals surface area contributed by atoms with Gasteiger partial charge in [-0.2, -0.15) is 11.8 Å². The lowest BCUT2D eigenvalue weighted by atomic mass is 10.2. The first-order valence-corrected chi connectivity index (χ1v) is 7.66. The minimum atomic E-state index is -0.0340. The molecule has 2 N–H and O–H groups in total. The molecule has 1 unspecified atom stereocenters. The molecule has 0 aromatic heterocycles. The van der Waals surface area contributed by atoms with Crippen LogP contribution in [0.25, 0.3) is 0 Å². The third-order valence-electron chi connectivity index (χ3n) is 2.49. The predicted octanol–water partition coefficient (Wildman–Crippen LogP) is 3.01. The van der Waals surface area contributed by atoms with Crippen LogP contribution in [-0.4, -0.2) is 30.5 Å². The van der Waals surface area contributed by atoms with Crippen molar-refractivity contribution in [2.45, 2.75) is 19.4 Å². The van der Waals surface area contributed by atoms with Crippen LogP contribution in [0, 0.1) is 0 Å². The number of halogens is 1. The van der Waals surface area contributed by atoms with Crippen LogP contribution in [0.1, 0.15) is 13.3 Å². The summed E-state index contributed by atoms with van der Waals surface area (Å²) in [5, 5.41) is 6.68. The maximum atomic E-state index is 11.7. The van der Waals surface area contributed by atoms with Crippen molar-refractivity contribution in [3.63, 3.8) is 0 Å². The van der Waals surface area contributed by atoms with E-state index in [0.717, 1.165) is 17.9 Å². The van der Waals surface area contributed by atoms with Crippen LogP contribution < -0.4 is 10.6 Å². The van der Waals surface area contributed by atoms with E-state index in [4.69, 9.17) is 11.6 Å². The minimum Gasteiger partial charge on any atom is -0.325 e. The van der Waals surface area contributed by atoms with E-state index in [1.807, 2.05) is 11.8 Å². The van der Waals surface area contributed by atoms with Gasteiger partial charge in [-0.05, 0) is 49.6 Å². The van der Waals surface area contributed by atoms with Gasteiger partial charge in [0, 0.05) is 16.8 Å². The topological polar surface area (TPSA) is 41.1 Å². The van der Waals surface area contributed by atoms with Gasteiger partial charge in [-0.3, -0.25) is 4.79 Å². The lowest BCUT2D eigenvalue weighted by molar-refractivity contribution is -0.115. The van der Waals surface area contributed by atoms with E-state index in [2.05, 4.69) is 23.8 Å². The smallest absolute Gasteiger partial charge is 0.238 e. The fraction of sp³-hybridized carbons (Fsp3) is 0.462. The highest BCUT2D eigenvalue weighted by Gasteiger charge is 2.05. The number of hydrogen-bond acceptors (Lipinski definition) is 3. The van der Waals surface area contributed by atoms with Crippen molar-refractivity contribution in [2.75, 3.05) is 23.9 Å². The maximum absolute atomic E-state index is 11.7. The summed E-state index contributed by atoms with van der Waals surface area (Å²) in [4.78, 5) is 11.7. The Hall–Kier alpha value is -0.710. The second-order valence-electron chi connectivity index (χ2n) is 4.12. The molecule has 100 valence electrons. The Balaban J connectivity index is 2.27. The molecule has 3 nitrogen and oxygen atoms in total. The number of benzene rings is 1. The molecule has 0 saturated carbocycles. The molecule has 0 bridgehead atoms. The van der Waals surface area contributed by atoms with Gasteiger partial charge >= 0.3 is 0 Å². The molecule has 1 atom stereocenters. The number of carbonyl (C=O) groups is 1. The molecule has 1 aromatic rings. The molecule has 0 aliphatic carbocycles. The Morgan fingerprint density at radius 2 is 2.06 bits per heavy atom. The van der Waals surface area contributed by atoms with Crippen LogP contribution >= 0.6 is 23.4 Å². The monoisotopic (exact) mass is 286 g/mol. The van der Waals surface area contributed by atoms with Gasteiger partial charge < -0.3 is 10.6 Å². The van der Waals surface area contributed by atoms with Crippen LogP contribution in [0.2, 0.25) is 5.02 Å². The summed E-state index contributed by atoms with van der Waals surface area (Å²) in [6.07, 6.45) is 3.15. The van der Waals surface area contributed by atoms with Crippen molar-refractivity contribution in [1.29, 1.82) is 0 Å². The molecule has 0 saturated heterocycles. The Kier molecular flexibility index (Phi) is 7.16. The van der Waals surface area contributed by atoms with Gasteiger partial charge in [-0.25, -0.2) is 0 Å². The number of thioether (sulfide) groups is 1. The van der Waals surface area contributed by atoms with Gasteiger partial charge in [0.25, 0.3) is 0 Å². The molecule has 0 aliphatic heterocycles. The molecule has 0 heterocycles. The predicted molar refractivity (Wildman–Crippen MR) is 80.5 cm³/mol. The van der Waals surface area contributed by atoms with Crippen molar-refractivity contribution in [1.82, 2.24) is 5.32 Å². The van der Waals surface area contributed by atoms with Gasteiger partial charge in [-0.15, -0.1) is 0 Å². The summed E-state index contributed by atoms with van der Waals surface area (Å²) in [6, 6.07) is 7.44. The van der Waals surface area contributed by atoms with Crippen molar-refractivity contribution < 1.29 is 4.79 Å². The average molecular weight is 287 g/mol. The van der Waals surface area contributed by atoms with Crippen LogP contribution in [0.5, 0.6) is 0 Å². The van der Waals surface area contributed by atoms with Crippen molar-refractivity contribution >= 4 is 35.0 Å². The molecule has 18 heavy (non-hydrogen) atoms. The molecule has 0 fully saturated rings. The summed E-state index contributed by atoms with van der Waals surface area (Å²) >= 11 is 7.59. The largest absolute Gasteiger partial charge is 0.325 e. The van der Waals surface area contributed by atoms with E-state index in [0.29, 0.717) is 17.6 Å². The van der Waals surface area contributed by atoms with Crippen LogP contribution in [-0.2, 0) is 4.79 Å². The standard InChI is InChI=1S/C13H19ClN2OS/c1-10(7-8-18-2)15-9-13(17)16-12-5-3-11(14)4-6-12/h3-6,10,15H,7-9H2,1-2H3,(H,16,17). The highest BCUT2D eigenvalue weighted by atomic mass is 35.5. The highest BCUT2D eigenvalue weighted by Crippen LogP contribution is 2.13. The molecule has 1 aromatic carbocycles. The fourth-order valence-electron chi connectivity index (χ4n) is 1.40. The van der Waals surface area contributed by atoms with E-state index in [1.165, 1.54) is 0 Å². The fourth-order valence-corrected chi connectivity index (χ4v) is 2.12. The van der Waals surface area contributed by atoms with Gasteiger partial charge in [-0.1, -0.05) is 11.6 Å². The number of hydrogen-bond donors (Lipinski definition) is 2. The number of carbonyl (C=O) groups excluding carboxylic acids is 1. The van der Waals surface area contributed by atoms with Gasteiger partial charge in [0.05, 0.1) is 6.54 Å². The zero-order chi connectivity index (χ0) is 13.4. The maximum Gasteiger partial charge on any atom is 0.238 e. The molecular formula is C13H19ClN2OS. The van der Waals surface area contributed by atoms with E-state index < -0.39 is 0 Å². The first-order chi connectivity index (χ1) is 8.61. The molecule has 0 aliphatic rings. The minimum absolute atomic E-state index is 0.0340. The molecule has 0 radical (unpaired) electrons. The summed E-state index contributed by atoms with van der Waals surface area (Å²) in [5.74, 6) is 1.07. The van der Waals surface area contributed by atoms with E-state index in [1.54, 1.807) is 24.3 Å². The van der Waals surface area contributed by atoms with Gasteiger partial charge in [0.2, 0.25) is 5.91 Å². The second-order valence-corrected chi connectivity index (χ2v) is 5.54. The lowest BCUT2D eigenvalue weighted by Gasteiger charge is -2.13. The molecule has 1 amide bonds. The lowest BCUT2D eigenvalue weighted by Crippen LogP contribution is -2.34. The Morgan fingerprint density at radius 3 is 2.67 bits per heavy atom. The van der Waals surface area contributed by atoms with Gasteiger partial charge in [0.15, 0.2) is 0 Å². The molecule has 1 rings (SSSR count). The summed E-state index contributed by atoms with van der Waals surface area (Å²) in [5.41, 5.74) is 0.767. The normalized spacial score (nSPS) is 12.2. The zero-order valence-corrected chi connectivity index (χ0v) is 12.3. The van der Waals surface area contributed by atoms with Crippen LogP contribution in [0.15, 0.2) is 24.3 Å².